The average Bonchev–Trinajstić information content (AvgIpc) is 3.08. The van der Waals surface area contributed by atoms with E-state index in [-0.39, 0.29) is 24.4 Å². The van der Waals surface area contributed by atoms with Gasteiger partial charge in [0.05, 0.1) is 5.69 Å². The largest absolute Gasteiger partial charge is 0.336 e. The highest BCUT2D eigenvalue weighted by atomic mass is 35.5. The van der Waals surface area contributed by atoms with Crippen molar-refractivity contribution in [2.24, 2.45) is 5.73 Å². The van der Waals surface area contributed by atoms with E-state index >= 15 is 0 Å². The van der Waals surface area contributed by atoms with Gasteiger partial charge in [0.2, 0.25) is 0 Å². The molecule has 2 heterocycles. The summed E-state index contributed by atoms with van der Waals surface area (Å²) in [6, 6.07) is 11.7. The Labute approximate surface area is 123 Å². The fourth-order valence-electron chi connectivity index (χ4n) is 2.33. The van der Waals surface area contributed by atoms with Crippen LogP contribution in [0.15, 0.2) is 36.4 Å². The second-order valence-corrected chi connectivity index (χ2v) is 4.83. The Morgan fingerprint density at radius 3 is 2.75 bits per heavy atom. The first-order valence-corrected chi connectivity index (χ1v) is 6.40. The van der Waals surface area contributed by atoms with Crippen LogP contribution in [0.3, 0.4) is 0 Å². The van der Waals surface area contributed by atoms with E-state index in [9.17, 15) is 4.79 Å². The van der Waals surface area contributed by atoms with E-state index in [1.54, 1.807) is 11.0 Å². The van der Waals surface area contributed by atoms with Crippen molar-refractivity contribution < 1.29 is 4.79 Å². The lowest BCUT2D eigenvalue weighted by molar-refractivity contribution is 0.0785. The van der Waals surface area contributed by atoms with Gasteiger partial charge in [0.15, 0.2) is 0 Å². The van der Waals surface area contributed by atoms with Gasteiger partial charge in [0.25, 0.3) is 5.91 Å². The molecule has 2 aromatic rings. The molecule has 0 unspecified atom stereocenters. The molecule has 0 radical (unpaired) electrons. The molecule has 1 aromatic carbocycles. The number of likely N-dealkylation sites (tertiary alicyclic amines) is 1. The van der Waals surface area contributed by atoms with Gasteiger partial charge in [-0.05, 0) is 12.5 Å². The number of carbonyl (C=O) groups is 1. The molecule has 3 rings (SSSR count). The van der Waals surface area contributed by atoms with Crippen molar-refractivity contribution in [2.45, 2.75) is 12.5 Å². The van der Waals surface area contributed by atoms with Gasteiger partial charge in [-0.25, -0.2) is 0 Å². The maximum absolute atomic E-state index is 12.2. The summed E-state index contributed by atoms with van der Waals surface area (Å²) in [6.45, 7) is 1.35. The lowest BCUT2D eigenvalue weighted by Crippen LogP contribution is -2.32. The van der Waals surface area contributed by atoms with Gasteiger partial charge >= 0.3 is 0 Å². The molecule has 106 valence electrons. The number of rotatable bonds is 2. The SMILES string of the molecule is Cl.N[C@@H]1CCN(C(=O)c2cc(-c3ccccc3)n[nH]2)C1. The van der Waals surface area contributed by atoms with E-state index in [1.807, 2.05) is 30.3 Å². The number of nitrogens with one attached hydrogen (secondary N) is 1. The third-order valence-electron chi connectivity index (χ3n) is 3.39. The molecule has 0 bridgehead atoms. The maximum Gasteiger partial charge on any atom is 0.271 e. The molecule has 6 heteroatoms. The molecule has 1 saturated heterocycles. The average molecular weight is 293 g/mol. The summed E-state index contributed by atoms with van der Waals surface area (Å²) in [7, 11) is 0. The van der Waals surface area contributed by atoms with Gasteiger partial charge in [-0.3, -0.25) is 9.89 Å². The minimum atomic E-state index is -0.0253. The number of aromatic amines is 1. The molecule has 0 spiro atoms. The van der Waals surface area contributed by atoms with Gasteiger partial charge < -0.3 is 10.6 Å². The van der Waals surface area contributed by atoms with E-state index in [4.69, 9.17) is 5.73 Å². The number of hydrogen-bond acceptors (Lipinski definition) is 3. The molecule has 1 atom stereocenters. The fourth-order valence-corrected chi connectivity index (χ4v) is 2.33. The Hall–Kier alpha value is -1.85. The minimum Gasteiger partial charge on any atom is -0.336 e. The normalized spacial score (nSPS) is 17.9. The number of H-pyrrole nitrogens is 1. The van der Waals surface area contributed by atoms with E-state index in [0.717, 1.165) is 24.2 Å². The van der Waals surface area contributed by atoms with Crippen molar-refractivity contribution in [1.82, 2.24) is 15.1 Å². The van der Waals surface area contributed by atoms with Crippen molar-refractivity contribution >= 4 is 18.3 Å². The monoisotopic (exact) mass is 292 g/mol. The van der Waals surface area contributed by atoms with Gasteiger partial charge in [-0.2, -0.15) is 5.10 Å². The standard InChI is InChI=1S/C14H16N4O.ClH/c15-11-6-7-18(9-11)14(19)13-8-12(16-17-13)10-4-2-1-3-5-10;/h1-5,8,11H,6-7,9,15H2,(H,16,17);1H/t11-;/m1./s1. The van der Waals surface area contributed by atoms with E-state index in [1.165, 1.54) is 0 Å². The highest BCUT2D eigenvalue weighted by Crippen LogP contribution is 2.18. The van der Waals surface area contributed by atoms with E-state index < -0.39 is 0 Å². The number of benzene rings is 1. The van der Waals surface area contributed by atoms with Crippen LogP contribution < -0.4 is 5.73 Å². The number of carbonyl (C=O) groups excluding carboxylic acids is 1. The number of aromatic nitrogens is 2. The summed E-state index contributed by atoms with van der Waals surface area (Å²) < 4.78 is 0. The molecule has 1 aliphatic heterocycles. The highest BCUT2D eigenvalue weighted by Gasteiger charge is 2.25. The zero-order valence-electron chi connectivity index (χ0n) is 11.0. The number of hydrogen-bond donors (Lipinski definition) is 2. The minimum absolute atomic E-state index is 0. The zero-order valence-corrected chi connectivity index (χ0v) is 11.8. The summed E-state index contributed by atoms with van der Waals surface area (Å²) in [5, 5.41) is 7.01. The van der Waals surface area contributed by atoms with Crippen LogP contribution in [0.25, 0.3) is 11.3 Å². The van der Waals surface area contributed by atoms with Crippen LogP contribution in [0.1, 0.15) is 16.9 Å². The van der Waals surface area contributed by atoms with Gasteiger partial charge in [-0.1, -0.05) is 30.3 Å². The van der Waals surface area contributed by atoms with Crippen LogP contribution in [0.5, 0.6) is 0 Å². The predicted octanol–water partition coefficient (Wildman–Crippen LogP) is 1.67. The Morgan fingerprint density at radius 1 is 1.35 bits per heavy atom. The molecule has 0 aliphatic carbocycles. The third kappa shape index (κ3) is 2.84. The third-order valence-corrected chi connectivity index (χ3v) is 3.39. The van der Waals surface area contributed by atoms with Gasteiger partial charge in [0.1, 0.15) is 5.69 Å². The smallest absolute Gasteiger partial charge is 0.271 e. The second kappa shape index (κ2) is 6.07. The molecule has 1 aliphatic rings. The van der Waals surface area contributed by atoms with Crippen molar-refractivity contribution in [1.29, 1.82) is 0 Å². The summed E-state index contributed by atoms with van der Waals surface area (Å²) in [6.07, 6.45) is 0.866. The van der Waals surface area contributed by atoms with Crippen LogP contribution in [0.2, 0.25) is 0 Å². The molecule has 5 nitrogen and oxygen atoms in total. The molecule has 3 N–H and O–H groups in total. The molecule has 1 aromatic heterocycles. The first-order chi connectivity index (χ1) is 9.24. The van der Waals surface area contributed by atoms with E-state index in [2.05, 4.69) is 10.2 Å². The van der Waals surface area contributed by atoms with Crippen molar-refractivity contribution in [3.63, 3.8) is 0 Å². The van der Waals surface area contributed by atoms with Crippen LogP contribution in [-0.2, 0) is 0 Å². The Balaban J connectivity index is 0.00000147. The Morgan fingerprint density at radius 2 is 2.10 bits per heavy atom. The van der Waals surface area contributed by atoms with Crippen molar-refractivity contribution in [3.05, 3.63) is 42.1 Å². The van der Waals surface area contributed by atoms with Crippen LogP contribution in [0.4, 0.5) is 0 Å². The molecule has 20 heavy (non-hydrogen) atoms. The topological polar surface area (TPSA) is 75.0 Å². The van der Waals surface area contributed by atoms with Crippen molar-refractivity contribution in [3.8, 4) is 11.3 Å². The molecule has 1 fully saturated rings. The lowest BCUT2D eigenvalue weighted by Gasteiger charge is -2.13. The maximum atomic E-state index is 12.2. The molecule has 0 saturated carbocycles. The summed E-state index contributed by atoms with van der Waals surface area (Å²) in [4.78, 5) is 14.0. The van der Waals surface area contributed by atoms with Crippen LogP contribution >= 0.6 is 12.4 Å². The van der Waals surface area contributed by atoms with Crippen molar-refractivity contribution in [2.75, 3.05) is 13.1 Å². The van der Waals surface area contributed by atoms with Gasteiger partial charge in [-0.15, -0.1) is 12.4 Å². The van der Waals surface area contributed by atoms with E-state index in [0.29, 0.717) is 12.2 Å². The first kappa shape index (κ1) is 14.6. The molecular formula is C14H17ClN4O. The summed E-state index contributed by atoms with van der Waals surface area (Å²) >= 11 is 0. The highest BCUT2D eigenvalue weighted by molar-refractivity contribution is 5.93. The van der Waals surface area contributed by atoms with Crippen LogP contribution in [0, 0.1) is 0 Å². The quantitative estimate of drug-likeness (QED) is 0.884. The lowest BCUT2D eigenvalue weighted by atomic mass is 10.1. The molecule has 1 amide bonds. The Kier molecular flexibility index (Phi) is 4.42. The fraction of sp³-hybridized carbons (Fsp3) is 0.286. The first-order valence-electron chi connectivity index (χ1n) is 6.40. The molecular weight excluding hydrogens is 276 g/mol. The predicted molar refractivity (Wildman–Crippen MR) is 79.8 cm³/mol. The number of halogens is 1. The summed E-state index contributed by atoms with van der Waals surface area (Å²) in [5.41, 5.74) is 8.12. The number of nitrogens with two attached hydrogens (primary N) is 1. The zero-order chi connectivity index (χ0) is 13.2. The van der Waals surface area contributed by atoms with Gasteiger partial charge in [0, 0.05) is 24.7 Å². The number of nitrogens with zero attached hydrogens (tertiary/aromatic N) is 2. The number of amides is 1. The van der Waals surface area contributed by atoms with Crippen LogP contribution in [-0.4, -0.2) is 40.1 Å². The summed E-state index contributed by atoms with van der Waals surface area (Å²) in [5.74, 6) is -0.0253. The second-order valence-electron chi connectivity index (χ2n) is 4.83. The Bertz CT molecular complexity index is 584.